The molecule has 0 radical (unpaired) electrons. The average Bonchev–Trinajstić information content (AvgIpc) is 3.17. The topological polar surface area (TPSA) is 124 Å². The van der Waals surface area contributed by atoms with Crippen LogP contribution in [0.1, 0.15) is 93.6 Å². The molecule has 0 saturated heterocycles. The van der Waals surface area contributed by atoms with Gasteiger partial charge in [0.15, 0.2) is 0 Å². The number of nitrogens with zero attached hydrogens (tertiary/aromatic N) is 1. The van der Waals surface area contributed by atoms with Crippen LogP contribution in [0.5, 0.6) is 0 Å². The number of hydrogen-bond acceptors (Lipinski definition) is 5. The molecule has 0 unspecified atom stereocenters. The Morgan fingerprint density at radius 1 is 1.09 bits per heavy atom. The fourth-order valence-electron chi connectivity index (χ4n) is 4.83. The first-order valence-corrected chi connectivity index (χ1v) is 14.6. The van der Waals surface area contributed by atoms with Gasteiger partial charge in [-0.2, -0.15) is 0 Å². The maximum atomic E-state index is 13.9. The fourth-order valence-corrected chi connectivity index (χ4v) is 6.27. The second-order valence-electron chi connectivity index (χ2n) is 10.8. The van der Waals surface area contributed by atoms with E-state index < -0.39 is 19.9 Å². The summed E-state index contributed by atoms with van der Waals surface area (Å²) < 4.78 is 16.1. The molecule has 10 heteroatoms. The van der Waals surface area contributed by atoms with Gasteiger partial charge in [0, 0.05) is 17.4 Å². The van der Waals surface area contributed by atoms with Crippen molar-refractivity contribution in [2.45, 2.75) is 91.2 Å². The van der Waals surface area contributed by atoms with Crippen LogP contribution < -0.4 is 4.90 Å². The van der Waals surface area contributed by atoms with Crippen molar-refractivity contribution in [3.8, 4) is 11.8 Å². The number of amides is 1. The summed E-state index contributed by atoms with van der Waals surface area (Å²) in [7, 11) is -4.59. The van der Waals surface area contributed by atoms with Gasteiger partial charge in [0.25, 0.3) is 0 Å². The smallest absolute Gasteiger partial charge is 0.469 e. The van der Waals surface area contributed by atoms with Crippen molar-refractivity contribution in [2.75, 3.05) is 4.90 Å². The maximum absolute atomic E-state index is 13.9. The molecule has 2 fully saturated rings. The van der Waals surface area contributed by atoms with Crippen molar-refractivity contribution in [2.24, 2.45) is 17.3 Å². The van der Waals surface area contributed by atoms with E-state index in [0.29, 0.717) is 42.2 Å². The lowest BCUT2D eigenvalue weighted by Gasteiger charge is -2.39. The van der Waals surface area contributed by atoms with Gasteiger partial charge in [0.2, 0.25) is 5.91 Å². The zero-order valence-corrected chi connectivity index (χ0v) is 22.5. The second-order valence-corrected chi connectivity index (χ2v) is 13.1. The molecular weight excluding hydrogens is 489 g/mol. The number of rotatable bonds is 6. The Bertz CT molecular complexity index is 1030. The van der Waals surface area contributed by atoms with E-state index in [9.17, 15) is 19.3 Å². The first kappa shape index (κ1) is 27.9. The Morgan fingerprint density at radius 3 is 2.20 bits per heavy atom. The van der Waals surface area contributed by atoms with E-state index in [1.165, 1.54) is 0 Å². The van der Waals surface area contributed by atoms with E-state index in [4.69, 9.17) is 14.3 Å². The van der Waals surface area contributed by atoms with Crippen molar-refractivity contribution < 1.29 is 33.6 Å². The largest absolute Gasteiger partial charge is 0.477 e. The van der Waals surface area contributed by atoms with Crippen LogP contribution in [-0.4, -0.2) is 38.9 Å². The summed E-state index contributed by atoms with van der Waals surface area (Å²) in [4.78, 5) is 46.7. The number of carbonyl (C=O) groups excluding carboxylic acids is 1. The highest BCUT2D eigenvalue weighted by atomic mass is 32.1. The van der Waals surface area contributed by atoms with Gasteiger partial charge >= 0.3 is 13.8 Å². The number of aromatic carboxylic acids is 1. The maximum Gasteiger partial charge on any atom is 0.469 e. The molecule has 1 heterocycles. The van der Waals surface area contributed by atoms with E-state index in [-0.39, 0.29) is 28.2 Å². The van der Waals surface area contributed by atoms with E-state index in [1.54, 1.807) is 11.0 Å². The summed E-state index contributed by atoms with van der Waals surface area (Å²) >= 11 is 1.08. The van der Waals surface area contributed by atoms with Crippen molar-refractivity contribution in [3.63, 3.8) is 0 Å². The van der Waals surface area contributed by atoms with Gasteiger partial charge in [0.1, 0.15) is 4.88 Å². The molecule has 194 valence electrons. The van der Waals surface area contributed by atoms with Gasteiger partial charge in [-0.05, 0) is 84.1 Å². The number of phosphoric acid groups is 1. The molecule has 8 nitrogen and oxygen atoms in total. The highest BCUT2D eigenvalue weighted by molar-refractivity contribution is 7.46. The predicted octanol–water partition coefficient (Wildman–Crippen LogP) is 5.42. The van der Waals surface area contributed by atoms with E-state index in [1.807, 2.05) is 20.8 Å². The first-order chi connectivity index (χ1) is 16.2. The Hall–Kier alpha value is -1.69. The molecule has 1 aromatic rings. The van der Waals surface area contributed by atoms with Crippen LogP contribution in [0.2, 0.25) is 0 Å². The minimum atomic E-state index is -4.59. The first-order valence-electron chi connectivity index (χ1n) is 12.2. The van der Waals surface area contributed by atoms with Crippen LogP contribution in [0.25, 0.3) is 0 Å². The Balaban J connectivity index is 1.95. The SMILES string of the molecule is CC1CCC(C(=O)N(c2cc(C#CC(C)(C)C)sc2C(=O)O)C2CCC(OP(=O)(O)O)CC2)CC1. The van der Waals surface area contributed by atoms with Crippen LogP contribution >= 0.6 is 19.2 Å². The standard InChI is InChI=1S/C25H36NO7PS/c1-16-5-7-17(8-6-16)23(27)26(18-9-11-19(12-10-18)33-34(30,31)32)21-15-20(13-14-25(2,3)4)35-22(21)24(28)29/h15-19H,5-12H2,1-4H3,(H,28,29)(H2,30,31,32). The van der Waals surface area contributed by atoms with Gasteiger partial charge in [-0.3, -0.25) is 9.32 Å². The van der Waals surface area contributed by atoms with Crippen LogP contribution in [0.3, 0.4) is 0 Å². The molecule has 0 bridgehead atoms. The molecule has 35 heavy (non-hydrogen) atoms. The predicted molar refractivity (Wildman–Crippen MR) is 135 cm³/mol. The molecule has 1 aromatic heterocycles. The van der Waals surface area contributed by atoms with E-state index in [0.717, 1.165) is 37.0 Å². The third-order valence-electron chi connectivity index (χ3n) is 6.62. The minimum Gasteiger partial charge on any atom is -0.477 e. The van der Waals surface area contributed by atoms with Crippen LogP contribution in [0.4, 0.5) is 5.69 Å². The normalized spacial score (nSPS) is 25.4. The summed E-state index contributed by atoms with van der Waals surface area (Å²) in [5.41, 5.74) is 0.127. The summed E-state index contributed by atoms with van der Waals surface area (Å²) in [5, 5.41) is 9.97. The number of carboxylic acids is 1. The highest BCUT2D eigenvalue weighted by Gasteiger charge is 2.38. The Morgan fingerprint density at radius 2 is 1.69 bits per heavy atom. The molecule has 3 rings (SSSR count). The lowest BCUT2D eigenvalue weighted by atomic mass is 9.81. The molecular formula is C25H36NO7PS. The molecule has 0 aliphatic heterocycles. The zero-order valence-electron chi connectivity index (χ0n) is 20.8. The van der Waals surface area contributed by atoms with Crippen LogP contribution in [0, 0.1) is 29.1 Å². The summed E-state index contributed by atoms with van der Waals surface area (Å²) in [5.74, 6) is 5.46. The molecule has 0 atom stereocenters. The molecule has 1 amide bonds. The zero-order chi connectivity index (χ0) is 26.0. The van der Waals surface area contributed by atoms with Crippen LogP contribution in [-0.2, 0) is 13.9 Å². The molecule has 2 aliphatic rings. The third kappa shape index (κ3) is 7.90. The minimum absolute atomic E-state index is 0.0631. The van der Waals surface area contributed by atoms with Gasteiger partial charge in [-0.1, -0.05) is 18.8 Å². The number of anilines is 1. The van der Waals surface area contributed by atoms with Crippen molar-refractivity contribution in [1.82, 2.24) is 0 Å². The average molecular weight is 526 g/mol. The number of thiophene rings is 1. The summed E-state index contributed by atoms with van der Waals surface area (Å²) in [6.07, 6.45) is 4.58. The van der Waals surface area contributed by atoms with Gasteiger partial charge < -0.3 is 19.8 Å². The van der Waals surface area contributed by atoms with E-state index in [2.05, 4.69) is 18.8 Å². The lowest BCUT2D eigenvalue weighted by Crippen LogP contribution is -2.47. The molecule has 0 aromatic carbocycles. The number of phosphoric ester groups is 1. The fraction of sp³-hybridized carbons (Fsp3) is 0.680. The Labute approximate surface area is 211 Å². The quantitative estimate of drug-likeness (QED) is 0.334. The molecule has 0 spiro atoms. The van der Waals surface area contributed by atoms with Gasteiger partial charge in [-0.15, -0.1) is 11.3 Å². The van der Waals surface area contributed by atoms with Crippen LogP contribution in [0.15, 0.2) is 6.07 Å². The van der Waals surface area contributed by atoms with Crippen molar-refractivity contribution in [1.29, 1.82) is 0 Å². The van der Waals surface area contributed by atoms with Crippen molar-refractivity contribution >= 4 is 36.7 Å². The monoisotopic (exact) mass is 525 g/mol. The molecule has 3 N–H and O–H groups in total. The second kappa shape index (κ2) is 11.1. The highest BCUT2D eigenvalue weighted by Crippen LogP contribution is 2.43. The lowest BCUT2D eigenvalue weighted by molar-refractivity contribution is -0.124. The number of hydrogen-bond donors (Lipinski definition) is 3. The van der Waals surface area contributed by atoms with Gasteiger partial charge in [-0.25, -0.2) is 9.36 Å². The van der Waals surface area contributed by atoms with Crippen molar-refractivity contribution in [3.05, 3.63) is 15.8 Å². The molecule has 2 aliphatic carbocycles. The summed E-state index contributed by atoms with van der Waals surface area (Å²) in [6, 6.07) is 1.45. The number of carbonyl (C=O) groups is 2. The summed E-state index contributed by atoms with van der Waals surface area (Å²) in [6.45, 7) is 8.11. The number of carboxylic acid groups (broad SMARTS) is 1. The Kier molecular flexibility index (Phi) is 8.88. The van der Waals surface area contributed by atoms with Gasteiger partial charge in [0.05, 0.1) is 16.7 Å². The third-order valence-corrected chi connectivity index (χ3v) is 8.23. The molecule has 2 saturated carbocycles. The van der Waals surface area contributed by atoms with E-state index >= 15 is 0 Å².